The van der Waals surface area contributed by atoms with E-state index < -0.39 is 64.5 Å². The summed E-state index contributed by atoms with van der Waals surface area (Å²) in [5.41, 5.74) is -0.703. The molecule has 1 aromatic rings. The molecule has 0 aromatic heterocycles. The van der Waals surface area contributed by atoms with Crippen LogP contribution in [0.15, 0.2) is 24.3 Å². The van der Waals surface area contributed by atoms with Gasteiger partial charge in [-0.25, -0.2) is 13.7 Å². The Bertz CT molecular complexity index is 1070. The van der Waals surface area contributed by atoms with E-state index in [-0.39, 0.29) is 17.7 Å². The molecule has 0 radical (unpaired) electrons. The van der Waals surface area contributed by atoms with Crippen LogP contribution < -0.4 is 4.72 Å². The number of benzene rings is 1. The van der Waals surface area contributed by atoms with Crippen LogP contribution in [-0.2, 0) is 38.2 Å². The van der Waals surface area contributed by atoms with E-state index in [2.05, 4.69) is 0 Å². The summed E-state index contributed by atoms with van der Waals surface area (Å²) >= 11 is 0. The largest absolute Gasteiger partial charge is 0.478 e. The summed E-state index contributed by atoms with van der Waals surface area (Å²) in [5, 5.41) is 9.22. The Hall–Kier alpha value is -2.13. The Labute approximate surface area is 190 Å². The molecular weight excluding hydrogens is 462 g/mol. The lowest BCUT2D eigenvalue weighted by atomic mass is 9.98. The number of fused-ring (bicyclic) bond motifs is 3. The first-order chi connectivity index (χ1) is 15.2. The minimum atomic E-state index is -4.68. The number of amides is 1. The average Bonchev–Trinajstić information content (AvgIpc) is 3.17. The zero-order valence-corrected chi connectivity index (χ0v) is 19.2. The Morgan fingerprint density at radius 2 is 1.76 bits per heavy atom. The molecule has 182 valence electrons. The highest BCUT2D eigenvalue weighted by Gasteiger charge is 2.65. The Morgan fingerprint density at radius 1 is 1.09 bits per heavy atom. The standard InChI is InChI=1S/C20H25NO11S/c1-18(2)29-13-9-27-20(15(14(13)30-18)31-19(3,4)32-20)10-28-33(25,26)21-16(22)11-7-5-6-8-12(11)17(23)24/h5-8,13-15H,9-10H2,1-4H3,(H,21,22)(H,23,24)/t13?,14?,15?,20-/m0/s1. The maximum atomic E-state index is 12.5. The number of hydrogen-bond acceptors (Lipinski definition) is 10. The predicted octanol–water partition coefficient (Wildman–Crippen LogP) is 0.774. The van der Waals surface area contributed by atoms with Crippen LogP contribution in [0, 0.1) is 0 Å². The van der Waals surface area contributed by atoms with Gasteiger partial charge in [0.25, 0.3) is 5.91 Å². The van der Waals surface area contributed by atoms with Crippen molar-refractivity contribution in [2.75, 3.05) is 13.2 Å². The number of carbonyl (C=O) groups excluding carboxylic acids is 1. The van der Waals surface area contributed by atoms with E-state index in [1.54, 1.807) is 32.4 Å². The molecule has 13 heteroatoms. The fourth-order valence-electron chi connectivity index (χ4n) is 4.17. The molecular formula is C20H25NO11S. The van der Waals surface area contributed by atoms with E-state index in [9.17, 15) is 23.1 Å². The normalized spacial score (nSPS) is 32.1. The van der Waals surface area contributed by atoms with E-state index in [1.165, 1.54) is 24.3 Å². The highest BCUT2D eigenvalue weighted by atomic mass is 32.2. The van der Waals surface area contributed by atoms with E-state index in [4.69, 9.17) is 27.9 Å². The van der Waals surface area contributed by atoms with E-state index in [0.717, 1.165) is 0 Å². The van der Waals surface area contributed by atoms with Crippen molar-refractivity contribution in [3.63, 3.8) is 0 Å². The zero-order chi connectivity index (χ0) is 24.2. The van der Waals surface area contributed by atoms with Gasteiger partial charge in [-0.2, -0.15) is 8.42 Å². The second kappa shape index (κ2) is 7.98. The third kappa shape index (κ3) is 4.75. The van der Waals surface area contributed by atoms with Crippen LogP contribution in [0.25, 0.3) is 0 Å². The van der Waals surface area contributed by atoms with Gasteiger partial charge in [0, 0.05) is 0 Å². The molecule has 3 fully saturated rings. The minimum Gasteiger partial charge on any atom is -0.478 e. The lowest BCUT2D eigenvalue weighted by Gasteiger charge is -2.40. The second-order valence-corrected chi connectivity index (χ2v) is 10.1. The maximum Gasteiger partial charge on any atom is 0.362 e. The number of ether oxygens (including phenoxy) is 5. The molecule has 3 heterocycles. The quantitative estimate of drug-likeness (QED) is 0.584. The highest BCUT2D eigenvalue weighted by molar-refractivity contribution is 7.85. The first-order valence-corrected chi connectivity index (χ1v) is 11.5. The first kappa shape index (κ1) is 24.0. The van der Waals surface area contributed by atoms with Crippen molar-refractivity contribution in [3.05, 3.63) is 35.4 Å². The fraction of sp³-hybridized carbons (Fsp3) is 0.600. The van der Waals surface area contributed by atoms with E-state index >= 15 is 0 Å². The molecule has 3 aliphatic rings. The molecule has 0 saturated carbocycles. The van der Waals surface area contributed by atoms with Crippen molar-refractivity contribution in [1.82, 2.24) is 4.72 Å². The van der Waals surface area contributed by atoms with Gasteiger partial charge in [-0.05, 0) is 39.8 Å². The fourth-order valence-corrected chi connectivity index (χ4v) is 4.89. The topological polar surface area (TPSA) is 156 Å². The molecule has 3 aliphatic heterocycles. The van der Waals surface area contributed by atoms with Crippen LogP contribution in [0.1, 0.15) is 48.4 Å². The summed E-state index contributed by atoms with van der Waals surface area (Å²) in [5.74, 6) is -6.24. The van der Waals surface area contributed by atoms with Gasteiger partial charge in [-0.1, -0.05) is 12.1 Å². The summed E-state index contributed by atoms with van der Waals surface area (Å²) in [6.07, 6.45) is -1.95. The van der Waals surface area contributed by atoms with Crippen molar-refractivity contribution in [3.8, 4) is 0 Å². The first-order valence-electron chi connectivity index (χ1n) is 10.1. The number of rotatable bonds is 6. The molecule has 4 atom stereocenters. The number of hydrogen-bond donors (Lipinski definition) is 2. The van der Waals surface area contributed by atoms with Gasteiger partial charge in [0.2, 0.25) is 5.79 Å². The van der Waals surface area contributed by atoms with Crippen LogP contribution in [0.5, 0.6) is 0 Å². The van der Waals surface area contributed by atoms with Crippen LogP contribution in [0.4, 0.5) is 0 Å². The zero-order valence-electron chi connectivity index (χ0n) is 18.4. The summed E-state index contributed by atoms with van der Waals surface area (Å²) in [6.45, 7) is 6.11. The molecule has 12 nitrogen and oxygen atoms in total. The van der Waals surface area contributed by atoms with Gasteiger partial charge in [0.15, 0.2) is 11.6 Å². The lowest BCUT2D eigenvalue weighted by molar-refractivity contribution is -0.290. The summed E-state index contributed by atoms with van der Waals surface area (Å²) < 4.78 is 61.2. The lowest BCUT2D eigenvalue weighted by Crippen LogP contribution is -2.60. The van der Waals surface area contributed by atoms with E-state index in [0.29, 0.717) is 0 Å². The Morgan fingerprint density at radius 3 is 2.42 bits per heavy atom. The molecule has 0 spiro atoms. The van der Waals surface area contributed by atoms with Crippen LogP contribution >= 0.6 is 0 Å². The van der Waals surface area contributed by atoms with Crippen LogP contribution in [0.3, 0.4) is 0 Å². The van der Waals surface area contributed by atoms with Gasteiger partial charge in [-0.15, -0.1) is 0 Å². The molecule has 1 amide bonds. The minimum absolute atomic E-state index is 0.0335. The molecule has 4 rings (SSSR count). The molecule has 1 aromatic carbocycles. The molecule has 3 saturated heterocycles. The number of carboxylic acids is 1. The number of carboxylic acid groups (broad SMARTS) is 1. The third-order valence-corrected chi connectivity index (χ3v) is 6.17. The van der Waals surface area contributed by atoms with Gasteiger partial charge in [0.1, 0.15) is 24.9 Å². The summed E-state index contributed by atoms with van der Waals surface area (Å²) in [7, 11) is -4.68. The van der Waals surface area contributed by atoms with Crippen molar-refractivity contribution in [2.45, 2.75) is 63.4 Å². The number of nitrogens with one attached hydrogen (secondary N) is 1. The van der Waals surface area contributed by atoms with Gasteiger partial charge >= 0.3 is 16.3 Å². The SMILES string of the molecule is CC1(C)OC2CO[C@@]3(COS(=O)(=O)NC(=O)c4ccccc4C(=O)O)OC(C)(C)OC3C2O1. The summed E-state index contributed by atoms with van der Waals surface area (Å²) in [4.78, 5) is 23.7. The highest BCUT2D eigenvalue weighted by Crippen LogP contribution is 2.47. The molecule has 0 aliphatic carbocycles. The molecule has 0 bridgehead atoms. The van der Waals surface area contributed by atoms with Crippen molar-refractivity contribution >= 4 is 22.2 Å². The third-order valence-electron chi connectivity index (χ3n) is 5.31. The predicted molar refractivity (Wildman–Crippen MR) is 108 cm³/mol. The van der Waals surface area contributed by atoms with Crippen molar-refractivity contribution in [1.29, 1.82) is 0 Å². The summed E-state index contributed by atoms with van der Waals surface area (Å²) in [6, 6.07) is 5.18. The van der Waals surface area contributed by atoms with Gasteiger partial charge in [0.05, 0.1) is 17.7 Å². The number of carbonyl (C=O) groups is 2. The van der Waals surface area contributed by atoms with Crippen molar-refractivity contribution < 1.29 is 51.0 Å². The number of aromatic carboxylic acids is 1. The van der Waals surface area contributed by atoms with Gasteiger partial charge in [-0.3, -0.25) is 4.79 Å². The second-order valence-electron chi connectivity index (χ2n) is 8.80. The molecule has 2 N–H and O–H groups in total. The maximum absolute atomic E-state index is 12.5. The van der Waals surface area contributed by atoms with Gasteiger partial charge < -0.3 is 28.8 Å². The Kier molecular flexibility index (Phi) is 5.80. The smallest absolute Gasteiger partial charge is 0.362 e. The van der Waals surface area contributed by atoms with Crippen LogP contribution in [-0.4, -0.2) is 74.3 Å². The van der Waals surface area contributed by atoms with Crippen molar-refractivity contribution in [2.24, 2.45) is 0 Å². The van der Waals surface area contributed by atoms with E-state index in [1.807, 2.05) is 0 Å². The Balaban J connectivity index is 1.50. The molecule has 3 unspecified atom stereocenters. The van der Waals surface area contributed by atoms with Crippen LogP contribution in [0.2, 0.25) is 0 Å². The monoisotopic (exact) mass is 487 g/mol. The average molecular weight is 487 g/mol. The molecule has 33 heavy (non-hydrogen) atoms.